The minimum Gasteiger partial charge on any atom is -0.346 e. The second-order valence-corrected chi connectivity index (χ2v) is 8.70. The number of fused-ring (bicyclic) bond motifs is 1. The lowest BCUT2D eigenvalue weighted by molar-refractivity contribution is 0.0889. The molecule has 1 aromatic heterocycles. The van der Waals surface area contributed by atoms with Crippen LogP contribution in [-0.2, 0) is 6.42 Å². The molecular formula is C24H25FN2O. The molecule has 0 radical (unpaired) electrons. The Morgan fingerprint density at radius 3 is 2.64 bits per heavy atom. The van der Waals surface area contributed by atoms with Crippen molar-refractivity contribution >= 4 is 16.8 Å². The molecular weight excluding hydrogens is 351 g/mol. The number of rotatable bonds is 6. The molecule has 0 bridgehead atoms. The summed E-state index contributed by atoms with van der Waals surface area (Å²) in [5.41, 5.74) is 1.88. The topological polar surface area (TPSA) is 42.0 Å². The number of carbonyl (C=O) groups is 1. The molecule has 2 aromatic carbocycles. The van der Waals surface area contributed by atoms with Gasteiger partial charge in [-0.15, -0.1) is 0 Å². The first-order valence-electron chi connectivity index (χ1n) is 9.77. The molecule has 1 atom stereocenters. The molecule has 3 nitrogen and oxygen atoms in total. The smallest absolute Gasteiger partial charge is 0.253 e. The first kappa shape index (κ1) is 18.6. The van der Waals surface area contributed by atoms with Gasteiger partial charge in [0, 0.05) is 17.1 Å². The Morgan fingerprint density at radius 1 is 1.18 bits per heavy atom. The molecule has 3 aromatic rings. The van der Waals surface area contributed by atoms with Gasteiger partial charge in [0.25, 0.3) is 5.91 Å². The number of nitrogens with one attached hydrogen (secondary N) is 1. The van der Waals surface area contributed by atoms with E-state index in [4.69, 9.17) is 0 Å². The molecule has 0 spiro atoms. The Kier molecular flexibility index (Phi) is 4.66. The van der Waals surface area contributed by atoms with Crippen LogP contribution < -0.4 is 5.32 Å². The highest BCUT2D eigenvalue weighted by atomic mass is 19.1. The van der Waals surface area contributed by atoms with Crippen molar-refractivity contribution in [1.82, 2.24) is 10.3 Å². The number of aromatic nitrogens is 1. The summed E-state index contributed by atoms with van der Waals surface area (Å²) >= 11 is 0. The largest absolute Gasteiger partial charge is 0.346 e. The maximum atomic E-state index is 13.9. The van der Waals surface area contributed by atoms with E-state index in [0.29, 0.717) is 16.4 Å². The summed E-state index contributed by atoms with van der Waals surface area (Å²) in [5.74, 6) is -0.540. The van der Waals surface area contributed by atoms with E-state index in [1.165, 1.54) is 30.7 Å². The van der Waals surface area contributed by atoms with Crippen LogP contribution in [0.2, 0.25) is 0 Å². The minimum absolute atomic E-state index is 0.165. The van der Waals surface area contributed by atoms with Gasteiger partial charge in [-0.3, -0.25) is 9.78 Å². The molecule has 0 unspecified atom stereocenters. The average molecular weight is 376 g/mol. The first-order valence-corrected chi connectivity index (χ1v) is 9.77. The van der Waals surface area contributed by atoms with E-state index in [1.54, 1.807) is 18.2 Å². The van der Waals surface area contributed by atoms with Crippen LogP contribution in [-0.4, -0.2) is 16.4 Å². The number of benzene rings is 2. The molecule has 1 fully saturated rings. The fourth-order valence-electron chi connectivity index (χ4n) is 4.12. The number of amides is 1. The molecule has 1 saturated carbocycles. The highest BCUT2D eigenvalue weighted by molar-refractivity contribution is 5.97. The van der Waals surface area contributed by atoms with Gasteiger partial charge >= 0.3 is 0 Å². The third kappa shape index (κ3) is 4.06. The van der Waals surface area contributed by atoms with Crippen LogP contribution in [0.3, 0.4) is 0 Å². The minimum atomic E-state index is -0.375. The van der Waals surface area contributed by atoms with Crippen molar-refractivity contribution in [2.75, 3.05) is 0 Å². The summed E-state index contributed by atoms with van der Waals surface area (Å²) < 4.78 is 13.9. The van der Waals surface area contributed by atoms with Crippen molar-refractivity contribution in [2.24, 2.45) is 5.41 Å². The highest BCUT2D eigenvalue weighted by Crippen LogP contribution is 2.51. The molecule has 1 aliphatic carbocycles. The lowest BCUT2D eigenvalue weighted by Gasteiger charge is -2.34. The standard InChI is InChI=1S/C24H25FN2O/c1-23(11-12-23)16-24(2,14-17-7-4-3-5-8-17)27-22(28)19-13-18-9-6-10-20(25)21(18)26-15-19/h3-10,13,15H,11-12,14,16H2,1-2H3,(H,27,28)/t24-/m0/s1. The molecule has 4 heteroatoms. The maximum Gasteiger partial charge on any atom is 0.253 e. The number of para-hydroxylation sites is 1. The number of nitrogens with zero attached hydrogens (tertiary/aromatic N) is 1. The Labute approximate surface area is 165 Å². The first-order chi connectivity index (χ1) is 13.4. The number of pyridine rings is 1. The van der Waals surface area contributed by atoms with Crippen molar-refractivity contribution in [3.63, 3.8) is 0 Å². The molecule has 1 amide bonds. The van der Waals surface area contributed by atoms with Crippen LogP contribution in [0, 0.1) is 11.2 Å². The van der Waals surface area contributed by atoms with Crippen molar-refractivity contribution in [2.45, 2.75) is 45.1 Å². The van der Waals surface area contributed by atoms with Gasteiger partial charge in [-0.25, -0.2) is 4.39 Å². The van der Waals surface area contributed by atoms with E-state index < -0.39 is 0 Å². The van der Waals surface area contributed by atoms with Crippen LogP contribution in [0.4, 0.5) is 4.39 Å². The number of hydrogen-bond donors (Lipinski definition) is 1. The lowest BCUT2D eigenvalue weighted by Crippen LogP contribution is -2.49. The van der Waals surface area contributed by atoms with Gasteiger partial charge in [0.1, 0.15) is 11.3 Å². The van der Waals surface area contributed by atoms with Crippen LogP contribution in [0.5, 0.6) is 0 Å². The fraction of sp³-hybridized carbons (Fsp3) is 0.333. The second kappa shape index (κ2) is 7.01. The molecule has 0 aliphatic heterocycles. The molecule has 1 heterocycles. The van der Waals surface area contributed by atoms with Gasteiger partial charge in [-0.2, -0.15) is 0 Å². The van der Waals surface area contributed by atoms with E-state index in [9.17, 15) is 9.18 Å². The summed E-state index contributed by atoms with van der Waals surface area (Å²) in [6.45, 7) is 4.40. The van der Waals surface area contributed by atoms with Gasteiger partial charge in [0.2, 0.25) is 0 Å². The van der Waals surface area contributed by atoms with Crippen LogP contribution in [0.15, 0.2) is 60.8 Å². The van der Waals surface area contributed by atoms with Crippen molar-refractivity contribution in [3.05, 3.63) is 77.7 Å². The van der Waals surface area contributed by atoms with Crippen LogP contribution in [0.25, 0.3) is 10.9 Å². The van der Waals surface area contributed by atoms with Crippen molar-refractivity contribution in [1.29, 1.82) is 0 Å². The van der Waals surface area contributed by atoms with Crippen LogP contribution in [0.1, 0.15) is 49.0 Å². The molecule has 4 rings (SSSR count). The zero-order chi connectivity index (χ0) is 19.8. The SMILES string of the molecule is CC1(C[C@](C)(Cc2ccccc2)NC(=O)c2cnc3c(F)cccc3c2)CC1. The van der Waals surface area contributed by atoms with Gasteiger partial charge in [-0.05, 0) is 55.7 Å². The number of halogens is 1. The molecule has 144 valence electrons. The Morgan fingerprint density at radius 2 is 1.93 bits per heavy atom. The van der Waals surface area contributed by atoms with E-state index in [0.717, 1.165) is 12.8 Å². The molecule has 28 heavy (non-hydrogen) atoms. The van der Waals surface area contributed by atoms with Crippen LogP contribution >= 0.6 is 0 Å². The second-order valence-electron chi connectivity index (χ2n) is 8.70. The summed E-state index contributed by atoms with van der Waals surface area (Å²) in [6.07, 6.45) is 5.55. The Hall–Kier alpha value is -2.75. The molecule has 0 saturated heterocycles. The summed E-state index contributed by atoms with van der Waals surface area (Å²) in [4.78, 5) is 17.2. The lowest BCUT2D eigenvalue weighted by atomic mass is 9.82. The van der Waals surface area contributed by atoms with Gasteiger partial charge < -0.3 is 5.32 Å². The fourth-order valence-corrected chi connectivity index (χ4v) is 4.12. The Balaban J connectivity index is 1.59. The molecule has 1 N–H and O–H groups in total. The average Bonchev–Trinajstić information content (AvgIpc) is 3.38. The number of carbonyl (C=O) groups excluding carboxylic acids is 1. The zero-order valence-electron chi connectivity index (χ0n) is 16.3. The van der Waals surface area contributed by atoms with E-state index in [1.807, 2.05) is 18.2 Å². The van der Waals surface area contributed by atoms with E-state index in [2.05, 4.69) is 36.3 Å². The third-order valence-corrected chi connectivity index (χ3v) is 5.70. The maximum absolute atomic E-state index is 13.9. The Bertz CT molecular complexity index is 1010. The van der Waals surface area contributed by atoms with Crippen molar-refractivity contribution in [3.8, 4) is 0 Å². The zero-order valence-corrected chi connectivity index (χ0v) is 16.3. The predicted octanol–water partition coefficient (Wildman–Crippen LogP) is 5.30. The van der Waals surface area contributed by atoms with E-state index in [-0.39, 0.29) is 22.8 Å². The van der Waals surface area contributed by atoms with E-state index >= 15 is 0 Å². The normalized spacial score (nSPS) is 17.1. The highest BCUT2D eigenvalue weighted by Gasteiger charge is 2.44. The monoisotopic (exact) mass is 376 g/mol. The number of hydrogen-bond acceptors (Lipinski definition) is 2. The van der Waals surface area contributed by atoms with Gasteiger partial charge in [0.05, 0.1) is 5.56 Å². The summed E-state index contributed by atoms with van der Waals surface area (Å²) in [6, 6.07) is 16.7. The van der Waals surface area contributed by atoms with Gasteiger partial charge in [0.15, 0.2) is 0 Å². The third-order valence-electron chi connectivity index (χ3n) is 5.70. The summed E-state index contributed by atoms with van der Waals surface area (Å²) in [5, 5.41) is 3.89. The predicted molar refractivity (Wildman–Crippen MR) is 110 cm³/mol. The summed E-state index contributed by atoms with van der Waals surface area (Å²) in [7, 11) is 0. The molecule has 1 aliphatic rings. The van der Waals surface area contributed by atoms with Gasteiger partial charge in [-0.1, -0.05) is 49.4 Å². The van der Waals surface area contributed by atoms with Crippen molar-refractivity contribution < 1.29 is 9.18 Å². The quantitative estimate of drug-likeness (QED) is 0.635.